The lowest BCUT2D eigenvalue weighted by Crippen LogP contribution is -2.40. The highest BCUT2D eigenvalue weighted by Gasteiger charge is 2.48. The quantitative estimate of drug-likeness (QED) is 0.106. The minimum atomic E-state index is -1.14. The number of ether oxygens (including phenoxy) is 7. The number of nitrogens with one attached hydrogen (secondary N) is 2. The number of benzene rings is 3. The smallest absolute Gasteiger partial charge is 0.330 e. The zero-order chi connectivity index (χ0) is 46.3. The Kier molecular flexibility index (Phi) is 15.8. The molecule has 19 heteroatoms. The number of aliphatic hydroxyl groups is 3. The van der Waals surface area contributed by atoms with Crippen LogP contribution in [0.15, 0.2) is 123 Å². The van der Waals surface area contributed by atoms with E-state index in [0.29, 0.717) is 11.5 Å². The van der Waals surface area contributed by atoms with Crippen LogP contribution in [0.25, 0.3) is 0 Å². The van der Waals surface area contributed by atoms with Crippen molar-refractivity contribution in [1.29, 1.82) is 1.17 Å². The van der Waals surface area contributed by atoms with Gasteiger partial charge in [0, 0.05) is 40.1 Å². The second kappa shape index (κ2) is 21.4. The van der Waals surface area contributed by atoms with Gasteiger partial charge in [-0.15, -0.1) is 12.3 Å². The molecule has 2 aromatic heterocycles. The molecule has 0 spiro atoms. The van der Waals surface area contributed by atoms with Crippen molar-refractivity contribution >= 4 is 12.3 Å². The van der Waals surface area contributed by atoms with Gasteiger partial charge in [-0.05, 0) is 41.0 Å². The SMILES string of the molecule is CO[C@H]1C(O)[C@@H](CO)O[C@H]1n1ccc(=O)[nH]c1=O.COc1ccc(C(OC[C@H]2O[C@@H](n3ccc(=O)[nH]c3=O)[C@@H](OC)C2O)(c2ccccc2)c2ccc(OC)cc2)cc1.[2H]Cl.[3H]C. The summed E-state index contributed by atoms with van der Waals surface area (Å²) in [6, 6.07) is 27.3. The maximum Gasteiger partial charge on any atom is 0.330 e. The molecule has 0 saturated carbocycles. The van der Waals surface area contributed by atoms with Crippen LogP contribution in [0.3, 0.4) is 0 Å². The summed E-state index contributed by atoms with van der Waals surface area (Å²) in [4.78, 5) is 51.0. The van der Waals surface area contributed by atoms with E-state index in [4.69, 9.17) is 40.8 Å². The Labute approximate surface area is 358 Å². The zero-order valence-electron chi connectivity index (χ0n) is 36.0. The third-order valence-electron chi connectivity index (χ3n) is 10.2. The maximum absolute atomic E-state index is 12.5. The van der Waals surface area contributed by atoms with Gasteiger partial charge in [-0.25, -0.2) is 9.59 Å². The number of aliphatic hydroxyl groups excluding tert-OH is 3. The van der Waals surface area contributed by atoms with E-state index in [2.05, 4.69) is 22.3 Å². The normalized spacial score (nSPS) is 23.4. The van der Waals surface area contributed by atoms with Gasteiger partial charge in [-0.1, -0.05) is 62.0 Å². The zero-order valence-corrected chi connectivity index (χ0v) is 34.7. The number of aromatic nitrogens is 4. The average molecular weight is 874 g/mol. The van der Waals surface area contributed by atoms with Gasteiger partial charge >= 0.3 is 11.4 Å². The highest BCUT2D eigenvalue weighted by Crippen LogP contribution is 2.43. The van der Waals surface area contributed by atoms with Crippen molar-refractivity contribution in [3.8, 4) is 11.5 Å². The molecule has 7 rings (SSSR count). The second-order valence-corrected chi connectivity index (χ2v) is 13.5. The monoisotopic (exact) mass is 873 g/mol. The summed E-state index contributed by atoms with van der Waals surface area (Å²) in [7, 11) is 7.25. The van der Waals surface area contributed by atoms with Crippen LogP contribution >= 0.6 is 12.3 Å². The molecule has 2 aliphatic heterocycles. The fourth-order valence-corrected chi connectivity index (χ4v) is 7.22. The Morgan fingerprint density at radius 2 is 1.10 bits per heavy atom. The Morgan fingerprint density at radius 3 is 1.49 bits per heavy atom. The molecule has 8 atom stereocenters. The van der Waals surface area contributed by atoms with Crippen LogP contribution in [0.1, 0.15) is 37.9 Å². The van der Waals surface area contributed by atoms with Crippen LogP contribution in [0.2, 0.25) is 0 Å². The number of halogens is 1. The Balaban J connectivity index is 0.000000330. The van der Waals surface area contributed by atoms with Crippen molar-refractivity contribution in [3.05, 3.63) is 162 Å². The first-order chi connectivity index (χ1) is 30.5. The minimum Gasteiger partial charge on any atom is -0.497 e. The van der Waals surface area contributed by atoms with Gasteiger partial charge in [-0.2, -0.15) is 0 Å². The molecule has 0 radical (unpaired) electrons. The van der Waals surface area contributed by atoms with Crippen molar-refractivity contribution in [3.63, 3.8) is 0 Å². The number of hydrogen-bond acceptors (Lipinski definition) is 14. The molecule has 5 aromatic rings. The van der Waals surface area contributed by atoms with Crippen LogP contribution < -0.4 is 32.0 Å². The van der Waals surface area contributed by atoms with Gasteiger partial charge in [0.05, 0.1) is 27.4 Å². The van der Waals surface area contributed by atoms with Crippen LogP contribution in [-0.4, -0.2) is 114 Å². The molecule has 330 valence electrons. The average Bonchev–Trinajstić information content (AvgIpc) is 3.82. The molecule has 2 unspecified atom stereocenters. The molecule has 0 amide bonds. The molecule has 2 aliphatic rings. The molecular formula is C42H51ClN4O14. The van der Waals surface area contributed by atoms with E-state index in [1.54, 1.807) is 14.2 Å². The fourth-order valence-electron chi connectivity index (χ4n) is 7.22. The first-order valence-corrected chi connectivity index (χ1v) is 18.4. The molecule has 0 bridgehead atoms. The lowest BCUT2D eigenvalue weighted by atomic mass is 9.80. The van der Waals surface area contributed by atoms with Crippen LogP contribution in [0.4, 0.5) is 0 Å². The van der Waals surface area contributed by atoms with Crippen molar-refractivity contribution < 1.29 is 49.8 Å². The topological polar surface area (TPSA) is 235 Å². The van der Waals surface area contributed by atoms with Crippen molar-refractivity contribution in [1.82, 2.24) is 19.1 Å². The third kappa shape index (κ3) is 10.0. The van der Waals surface area contributed by atoms with Gasteiger partial charge in [0.15, 0.2) is 12.5 Å². The van der Waals surface area contributed by atoms with Crippen molar-refractivity contribution in [2.24, 2.45) is 0 Å². The number of H-pyrrole nitrogens is 2. The summed E-state index contributed by atoms with van der Waals surface area (Å²) in [6.07, 6.45) is -4.89. The largest absolute Gasteiger partial charge is 0.497 e. The lowest BCUT2D eigenvalue weighted by Gasteiger charge is -2.37. The van der Waals surface area contributed by atoms with Crippen molar-refractivity contribution in [2.75, 3.05) is 41.7 Å². The number of nitrogens with zero attached hydrogens (tertiary/aromatic N) is 2. The first kappa shape index (κ1) is 45.1. The summed E-state index contributed by atoms with van der Waals surface area (Å²) in [5, 5.41) is 30.1. The molecule has 3 aromatic carbocycles. The molecule has 18 nitrogen and oxygen atoms in total. The van der Waals surface area contributed by atoms with Crippen LogP contribution in [0, 0.1) is 0 Å². The highest BCUT2D eigenvalue weighted by atomic mass is 35.5. The lowest BCUT2D eigenvalue weighted by molar-refractivity contribution is -0.0967. The summed E-state index contributed by atoms with van der Waals surface area (Å²) in [5.41, 5.74) is -1.04. The van der Waals surface area contributed by atoms with E-state index in [1.807, 2.05) is 78.9 Å². The van der Waals surface area contributed by atoms with Gasteiger partial charge < -0.3 is 48.5 Å². The van der Waals surface area contributed by atoms with Crippen LogP contribution in [-0.2, 0) is 29.3 Å². The first-order valence-electron chi connectivity index (χ1n) is 19.8. The summed E-state index contributed by atoms with van der Waals surface area (Å²) in [5.74, 6) is 1.38. The number of aromatic amines is 2. The van der Waals surface area contributed by atoms with Crippen LogP contribution in [0.5, 0.6) is 11.5 Å². The minimum absolute atomic E-state index is 0.0669. The van der Waals surface area contributed by atoms with E-state index < -0.39 is 83.8 Å². The summed E-state index contributed by atoms with van der Waals surface area (Å²) in [6.45, 7) is -0.460. The number of methoxy groups -OCH3 is 4. The van der Waals surface area contributed by atoms with Crippen molar-refractivity contribution in [2.45, 2.75) is 62.1 Å². The van der Waals surface area contributed by atoms with E-state index in [1.165, 1.54) is 44.6 Å². The highest BCUT2D eigenvalue weighted by molar-refractivity contribution is 5.85. The summed E-state index contributed by atoms with van der Waals surface area (Å²) >= 11 is 3.89. The van der Waals surface area contributed by atoms with E-state index in [9.17, 15) is 29.4 Å². The fraction of sp³-hybridized carbons (Fsp3) is 0.381. The van der Waals surface area contributed by atoms with E-state index in [-0.39, 0.29) is 6.61 Å². The molecule has 4 heterocycles. The molecule has 5 N–H and O–H groups in total. The van der Waals surface area contributed by atoms with Gasteiger partial charge in [-0.3, -0.25) is 28.7 Å². The molecule has 2 fully saturated rings. The molecule has 61 heavy (non-hydrogen) atoms. The predicted molar refractivity (Wildman–Crippen MR) is 223 cm³/mol. The molecular weight excluding hydrogens is 820 g/mol. The van der Waals surface area contributed by atoms with E-state index in [0.717, 1.165) is 27.3 Å². The molecule has 2 saturated heterocycles. The van der Waals surface area contributed by atoms with E-state index >= 15 is 0 Å². The van der Waals surface area contributed by atoms with Gasteiger partial charge in [0.25, 0.3) is 11.1 Å². The Morgan fingerprint density at radius 1 is 0.689 bits per heavy atom. The maximum atomic E-state index is 12.5. The second-order valence-electron chi connectivity index (χ2n) is 13.5. The Hall–Kier alpha value is -5.41. The van der Waals surface area contributed by atoms with Gasteiger partial charge in [0.2, 0.25) is 0 Å². The van der Waals surface area contributed by atoms with Gasteiger partial charge in [0.1, 0.15) is 54.9 Å². The number of rotatable bonds is 13. The summed E-state index contributed by atoms with van der Waals surface area (Å²) < 4.78 is 53.0. The number of hydrogen-bond donors (Lipinski definition) is 5. The standard InChI is InChI=1S/C31H32N2O8.C10H14N2O6.CH4.ClH/c1-37-23-13-9-21(10-14-23)31(20-7-5-4-6-8-20,22-11-15-24(38-2)16-12-22)40-19-25-27(35)28(39-3)29(41-25)33-18-17-26(34)32-30(33)36;1-17-8-7(15)5(4-13)18-9(8)12-3-2-6(14)11-10(12)16;;/h4-18,25,27-29,35H,19H2,1-3H3,(H,32,34,36);2-3,5,7-9,13,15H,4H2,1H3,(H,11,14,16);1H4;1H/t25-,27?,28+,29-;5-,7?,8+,9-;;/m11../s1/i;;1T;/hD. The Bertz CT molecular complexity index is 2340. The predicted octanol–water partition coefficient (Wildman–Crippen LogP) is 1.70. The molecule has 0 aliphatic carbocycles. The third-order valence-corrected chi connectivity index (χ3v) is 10.2.